The highest BCUT2D eigenvalue weighted by Crippen LogP contribution is 2.32. The molecule has 0 saturated heterocycles. The van der Waals surface area contributed by atoms with Crippen LogP contribution in [0.25, 0.3) is 11.1 Å². The Balaban J connectivity index is 0.000000179. The minimum absolute atomic E-state index is 0.408. The molecule has 0 amide bonds. The summed E-state index contributed by atoms with van der Waals surface area (Å²) in [6, 6.07) is 14.4. The monoisotopic (exact) mass is 316 g/mol. The van der Waals surface area contributed by atoms with Crippen LogP contribution in [-0.4, -0.2) is 23.1 Å². The molecule has 0 aliphatic heterocycles. The van der Waals surface area contributed by atoms with E-state index in [1.807, 2.05) is 24.3 Å². The number of hydrogen-bond donors (Lipinski definition) is 0. The maximum atomic E-state index is 11.8. The molecule has 0 atom stereocenters. The van der Waals surface area contributed by atoms with Crippen LogP contribution in [0.4, 0.5) is 0 Å². The Morgan fingerprint density at radius 2 is 0.792 bits per heavy atom. The number of carbonyl (C=O) groups excluding carboxylic acids is 4. The Hall–Kier alpha value is -3.40. The van der Waals surface area contributed by atoms with Crippen LogP contribution in [0.15, 0.2) is 72.8 Å². The van der Waals surface area contributed by atoms with Crippen molar-refractivity contribution in [1.82, 2.24) is 0 Å². The van der Waals surface area contributed by atoms with Gasteiger partial charge in [-0.3, -0.25) is 19.2 Å². The zero-order valence-electron chi connectivity index (χ0n) is 12.6. The number of benzene rings is 2. The molecule has 0 radical (unpaired) electrons. The molecule has 0 aromatic heterocycles. The van der Waals surface area contributed by atoms with Gasteiger partial charge in [0.1, 0.15) is 0 Å². The van der Waals surface area contributed by atoms with Gasteiger partial charge in [0.15, 0.2) is 0 Å². The van der Waals surface area contributed by atoms with Crippen molar-refractivity contribution in [3.05, 3.63) is 84.0 Å². The van der Waals surface area contributed by atoms with Crippen LogP contribution in [0.3, 0.4) is 0 Å². The van der Waals surface area contributed by atoms with Gasteiger partial charge in [-0.25, -0.2) is 0 Å². The summed E-state index contributed by atoms with van der Waals surface area (Å²) >= 11 is 0. The fourth-order valence-corrected chi connectivity index (χ4v) is 2.53. The van der Waals surface area contributed by atoms with E-state index in [2.05, 4.69) is 0 Å². The molecule has 116 valence electrons. The van der Waals surface area contributed by atoms with Crippen molar-refractivity contribution in [3.63, 3.8) is 0 Å². The van der Waals surface area contributed by atoms with E-state index in [4.69, 9.17) is 0 Å². The zero-order valence-corrected chi connectivity index (χ0v) is 12.6. The van der Waals surface area contributed by atoms with Gasteiger partial charge in [0, 0.05) is 11.1 Å². The van der Waals surface area contributed by atoms with E-state index >= 15 is 0 Å². The van der Waals surface area contributed by atoms with E-state index < -0.39 is 23.1 Å². The van der Waals surface area contributed by atoms with Crippen molar-refractivity contribution in [2.24, 2.45) is 0 Å². The van der Waals surface area contributed by atoms with Crippen LogP contribution < -0.4 is 0 Å². The van der Waals surface area contributed by atoms with Gasteiger partial charge in [-0.15, -0.1) is 0 Å². The maximum Gasteiger partial charge on any atom is 0.234 e. The number of fused-ring (bicyclic) bond motifs is 3. The Morgan fingerprint density at radius 3 is 1.12 bits per heavy atom. The van der Waals surface area contributed by atoms with Crippen LogP contribution in [-0.2, 0) is 9.59 Å². The third-order valence-corrected chi connectivity index (χ3v) is 3.69. The lowest BCUT2D eigenvalue weighted by molar-refractivity contribution is -0.131. The van der Waals surface area contributed by atoms with Gasteiger partial charge < -0.3 is 0 Å². The number of ketones is 4. The topological polar surface area (TPSA) is 68.3 Å². The summed E-state index contributed by atoms with van der Waals surface area (Å²) in [6.45, 7) is 0. The Morgan fingerprint density at radius 1 is 0.458 bits per heavy atom. The number of allylic oxidation sites excluding steroid dienone is 4. The highest BCUT2D eigenvalue weighted by Gasteiger charge is 2.29. The molecule has 2 aliphatic rings. The van der Waals surface area contributed by atoms with E-state index in [9.17, 15) is 19.2 Å². The molecule has 0 fully saturated rings. The fraction of sp³-hybridized carbons (Fsp3) is 0. The Bertz CT molecular complexity index is 855. The van der Waals surface area contributed by atoms with Crippen LogP contribution in [0, 0.1) is 0 Å². The average Bonchev–Trinajstić information content (AvgIpc) is 2.63. The number of hydrogen-bond acceptors (Lipinski definition) is 4. The molecular formula is C20H12O4. The molecule has 24 heavy (non-hydrogen) atoms. The molecular weight excluding hydrogens is 304 g/mol. The van der Waals surface area contributed by atoms with E-state index in [-0.39, 0.29) is 0 Å². The van der Waals surface area contributed by atoms with Gasteiger partial charge >= 0.3 is 0 Å². The normalized spacial score (nSPS) is 14.7. The molecule has 0 spiro atoms. The van der Waals surface area contributed by atoms with Crippen LogP contribution in [0.1, 0.15) is 20.7 Å². The predicted octanol–water partition coefficient (Wildman–Crippen LogP) is 2.98. The number of rotatable bonds is 0. The Kier molecular flexibility index (Phi) is 4.12. The standard InChI is InChI=1S/C14H8O2.C6H4O2/c15-13-11-7-3-1-5-9(11)10-6-2-4-8-12(10)14(13)16;7-5-3-1-2-4-6(5)8/h1-8H;1-4H. The molecule has 2 aromatic carbocycles. The van der Waals surface area contributed by atoms with Crippen molar-refractivity contribution < 1.29 is 19.2 Å². The third kappa shape index (κ3) is 2.77. The van der Waals surface area contributed by atoms with Gasteiger partial charge in [0.05, 0.1) is 0 Å². The first-order valence-corrected chi connectivity index (χ1v) is 7.30. The van der Waals surface area contributed by atoms with Gasteiger partial charge in [0.2, 0.25) is 23.1 Å². The van der Waals surface area contributed by atoms with E-state index in [0.29, 0.717) is 11.1 Å². The van der Waals surface area contributed by atoms with Gasteiger partial charge in [-0.2, -0.15) is 0 Å². The zero-order chi connectivity index (χ0) is 17.1. The van der Waals surface area contributed by atoms with Crippen molar-refractivity contribution in [2.75, 3.05) is 0 Å². The minimum Gasteiger partial charge on any atom is -0.286 e. The second-order valence-electron chi connectivity index (χ2n) is 5.20. The summed E-state index contributed by atoms with van der Waals surface area (Å²) in [5.74, 6) is -1.69. The van der Waals surface area contributed by atoms with Crippen molar-refractivity contribution in [1.29, 1.82) is 0 Å². The first-order chi connectivity index (χ1) is 11.6. The molecule has 4 heteroatoms. The van der Waals surface area contributed by atoms with Crippen LogP contribution in [0.5, 0.6) is 0 Å². The quantitative estimate of drug-likeness (QED) is 0.553. The molecule has 4 rings (SSSR count). The van der Waals surface area contributed by atoms with Crippen LogP contribution >= 0.6 is 0 Å². The highest BCUT2D eigenvalue weighted by atomic mass is 16.2. The minimum atomic E-state index is -0.437. The third-order valence-electron chi connectivity index (χ3n) is 3.69. The fourth-order valence-electron chi connectivity index (χ4n) is 2.53. The lowest BCUT2D eigenvalue weighted by Gasteiger charge is -2.16. The van der Waals surface area contributed by atoms with Crippen LogP contribution in [0.2, 0.25) is 0 Å². The van der Waals surface area contributed by atoms with E-state index in [0.717, 1.165) is 11.1 Å². The van der Waals surface area contributed by atoms with Crippen molar-refractivity contribution in [2.45, 2.75) is 0 Å². The molecule has 2 aromatic rings. The van der Waals surface area contributed by atoms with Gasteiger partial charge in [-0.1, -0.05) is 60.7 Å². The smallest absolute Gasteiger partial charge is 0.234 e. The summed E-state index contributed by atoms with van der Waals surface area (Å²) in [5, 5.41) is 0. The first kappa shape index (κ1) is 15.5. The summed E-state index contributed by atoms with van der Waals surface area (Å²) in [7, 11) is 0. The lowest BCUT2D eigenvalue weighted by atomic mass is 9.84. The van der Waals surface area contributed by atoms with Gasteiger partial charge in [-0.05, 0) is 23.3 Å². The Labute approximate surface area is 138 Å². The summed E-state index contributed by atoms with van der Waals surface area (Å²) in [4.78, 5) is 44.3. The molecule has 0 heterocycles. The highest BCUT2D eigenvalue weighted by molar-refractivity contribution is 6.53. The van der Waals surface area contributed by atoms with Crippen molar-refractivity contribution >= 4 is 23.1 Å². The number of Topliss-reactive ketones (excluding diaryl/α,β-unsaturated/α-hetero) is 2. The molecule has 0 unspecified atom stereocenters. The maximum absolute atomic E-state index is 11.8. The van der Waals surface area contributed by atoms with E-state index in [1.54, 1.807) is 36.4 Å². The molecule has 0 bridgehead atoms. The molecule has 2 aliphatic carbocycles. The second kappa shape index (κ2) is 6.38. The average molecular weight is 316 g/mol. The summed E-state index contributed by atoms with van der Waals surface area (Å²) < 4.78 is 0. The lowest BCUT2D eigenvalue weighted by Crippen LogP contribution is -2.20. The SMILES string of the molecule is O=C1C(=O)c2ccccc2-c2ccccc21.O=C1C=CC=CC1=O. The molecule has 4 nitrogen and oxygen atoms in total. The molecule has 0 N–H and O–H groups in total. The summed E-state index contributed by atoms with van der Waals surface area (Å²) in [5.41, 5.74) is 2.71. The van der Waals surface area contributed by atoms with Gasteiger partial charge in [0.25, 0.3) is 0 Å². The molecule has 0 saturated carbocycles. The predicted molar refractivity (Wildman–Crippen MR) is 88.8 cm³/mol. The van der Waals surface area contributed by atoms with Crippen molar-refractivity contribution in [3.8, 4) is 11.1 Å². The second-order valence-corrected chi connectivity index (χ2v) is 5.20. The largest absolute Gasteiger partial charge is 0.286 e. The first-order valence-electron chi connectivity index (χ1n) is 7.30. The number of carbonyl (C=O) groups is 4. The van der Waals surface area contributed by atoms with E-state index in [1.165, 1.54) is 12.2 Å². The summed E-state index contributed by atoms with van der Waals surface area (Å²) in [6.07, 6.45) is 5.60.